The van der Waals surface area contributed by atoms with Crippen molar-refractivity contribution in [2.75, 3.05) is 6.54 Å². The van der Waals surface area contributed by atoms with Gasteiger partial charge in [0.1, 0.15) is 30.5 Å². The molecule has 4 N–H and O–H groups in total. The first-order chi connectivity index (χ1) is 19.0. The first-order valence-corrected chi connectivity index (χ1v) is 13.4. The second-order valence-corrected chi connectivity index (χ2v) is 10.5. The lowest BCUT2D eigenvalue weighted by Gasteiger charge is -2.27. The van der Waals surface area contributed by atoms with Gasteiger partial charge in [0, 0.05) is 13.0 Å². The third-order valence-corrected chi connectivity index (χ3v) is 6.27. The van der Waals surface area contributed by atoms with Crippen LogP contribution >= 0.6 is 0 Å². The van der Waals surface area contributed by atoms with Gasteiger partial charge in [-0.3, -0.25) is 19.2 Å². The molecule has 40 heavy (non-hydrogen) atoms. The zero-order valence-electron chi connectivity index (χ0n) is 23.2. The van der Waals surface area contributed by atoms with Crippen LogP contribution in [0.1, 0.15) is 51.3 Å². The van der Waals surface area contributed by atoms with Crippen LogP contribution in [0.4, 0.5) is 4.79 Å². The Morgan fingerprint density at radius 1 is 1.07 bits per heavy atom. The smallest absolute Gasteiger partial charge is 0.408 e. The topological polar surface area (TPSA) is 169 Å². The number of Topliss-reactive ketones (excluding diaryl/α,β-unsaturated/α-hetero) is 1. The van der Waals surface area contributed by atoms with E-state index in [1.165, 1.54) is 6.20 Å². The Balaban J connectivity index is 1.68. The predicted molar refractivity (Wildman–Crippen MR) is 144 cm³/mol. The monoisotopic (exact) mass is 555 g/mol. The number of carbonyl (C=O) groups is 5. The molecule has 1 aromatic carbocycles. The highest BCUT2D eigenvalue weighted by Crippen LogP contribution is 2.12. The summed E-state index contributed by atoms with van der Waals surface area (Å²) in [5.41, 5.74) is 0.793. The summed E-state index contributed by atoms with van der Waals surface area (Å²) in [6.07, 6.45) is 1.25. The molecule has 12 nitrogen and oxygen atoms in total. The van der Waals surface area contributed by atoms with Gasteiger partial charge in [-0.1, -0.05) is 58.0 Å². The summed E-state index contributed by atoms with van der Waals surface area (Å²) >= 11 is 0. The lowest BCUT2D eigenvalue weighted by molar-refractivity contribution is -0.140. The molecule has 1 aliphatic heterocycles. The van der Waals surface area contributed by atoms with Crippen LogP contribution in [0.15, 0.2) is 40.9 Å². The largest absolute Gasteiger partial charge is 0.446 e. The predicted octanol–water partition coefficient (Wildman–Crippen LogP) is 1.43. The summed E-state index contributed by atoms with van der Waals surface area (Å²) in [5, 5.41) is 10.4. The lowest BCUT2D eigenvalue weighted by Crippen LogP contribution is -2.58. The standard InChI is InChI=1S/C28H37N5O7/c1-16(2)12-21(25(35)31-20-13-22-30-14-19(40-22)10-11-29-27(37)24(20)34)32-26(36)23(17(3)4)33-28(38)39-15-18-8-6-5-7-9-18/h5-9,14,16-17,20-21,23H,10-13,15H2,1-4H3,(H,29,37)(H,31,35)(H,32,36)(H,33,38). The van der Waals surface area contributed by atoms with Gasteiger partial charge in [-0.2, -0.15) is 0 Å². The van der Waals surface area contributed by atoms with Crippen LogP contribution in [-0.4, -0.2) is 59.3 Å². The summed E-state index contributed by atoms with van der Waals surface area (Å²) in [4.78, 5) is 68.4. The molecule has 2 bridgehead atoms. The number of amides is 4. The zero-order chi connectivity index (χ0) is 29.2. The molecule has 0 radical (unpaired) electrons. The van der Waals surface area contributed by atoms with Crippen LogP contribution in [0.25, 0.3) is 0 Å². The van der Waals surface area contributed by atoms with Gasteiger partial charge in [0.15, 0.2) is 5.89 Å². The molecule has 0 spiro atoms. The van der Waals surface area contributed by atoms with E-state index in [0.717, 1.165) is 5.56 Å². The van der Waals surface area contributed by atoms with E-state index in [-0.39, 0.29) is 43.7 Å². The maximum absolute atomic E-state index is 13.4. The molecule has 3 unspecified atom stereocenters. The Morgan fingerprint density at radius 3 is 2.48 bits per heavy atom. The van der Waals surface area contributed by atoms with Gasteiger partial charge < -0.3 is 30.4 Å². The average Bonchev–Trinajstić information content (AvgIpc) is 3.35. The van der Waals surface area contributed by atoms with Crippen molar-refractivity contribution in [2.45, 2.75) is 71.7 Å². The fourth-order valence-corrected chi connectivity index (χ4v) is 4.15. The highest BCUT2D eigenvalue weighted by Gasteiger charge is 2.34. The molecule has 1 aliphatic rings. The van der Waals surface area contributed by atoms with E-state index >= 15 is 0 Å². The number of carbonyl (C=O) groups excluding carboxylic acids is 5. The minimum Gasteiger partial charge on any atom is -0.446 e. The number of hydrogen-bond acceptors (Lipinski definition) is 8. The Hall–Kier alpha value is -4.22. The Bertz CT molecular complexity index is 1190. The van der Waals surface area contributed by atoms with E-state index in [4.69, 9.17) is 9.15 Å². The quantitative estimate of drug-likeness (QED) is 0.319. The van der Waals surface area contributed by atoms with Crippen molar-refractivity contribution < 1.29 is 33.1 Å². The maximum Gasteiger partial charge on any atom is 0.408 e. The van der Waals surface area contributed by atoms with Crippen LogP contribution in [0.3, 0.4) is 0 Å². The number of benzene rings is 1. The molecular weight excluding hydrogens is 518 g/mol. The molecule has 1 aromatic heterocycles. The fraction of sp³-hybridized carbons (Fsp3) is 0.500. The van der Waals surface area contributed by atoms with Crippen LogP contribution in [-0.2, 0) is 43.4 Å². The Labute approximate surface area is 233 Å². The lowest BCUT2D eigenvalue weighted by atomic mass is 9.99. The van der Waals surface area contributed by atoms with Crippen molar-refractivity contribution in [2.24, 2.45) is 11.8 Å². The van der Waals surface area contributed by atoms with E-state index in [9.17, 15) is 24.0 Å². The highest BCUT2D eigenvalue weighted by molar-refractivity contribution is 6.38. The first kappa shape index (κ1) is 30.3. The number of fused-ring (bicyclic) bond motifs is 2. The molecule has 0 saturated carbocycles. The number of oxazole rings is 1. The van der Waals surface area contributed by atoms with Crippen LogP contribution < -0.4 is 21.3 Å². The normalized spacial score (nSPS) is 17.0. The van der Waals surface area contributed by atoms with Crippen LogP contribution in [0, 0.1) is 11.8 Å². The van der Waals surface area contributed by atoms with E-state index < -0.39 is 47.7 Å². The number of ketones is 1. The number of rotatable bonds is 10. The molecule has 0 saturated heterocycles. The molecular formula is C28H37N5O7. The van der Waals surface area contributed by atoms with Gasteiger partial charge >= 0.3 is 6.09 Å². The third kappa shape index (κ3) is 8.92. The molecule has 3 rings (SSSR count). The number of hydrogen-bond donors (Lipinski definition) is 4. The average molecular weight is 556 g/mol. The van der Waals surface area contributed by atoms with Gasteiger partial charge in [-0.05, 0) is 23.8 Å². The third-order valence-electron chi connectivity index (χ3n) is 6.27. The number of nitrogens with one attached hydrogen (secondary N) is 4. The Morgan fingerprint density at radius 2 is 1.80 bits per heavy atom. The van der Waals surface area contributed by atoms with Crippen molar-refractivity contribution in [1.29, 1.82) is 0 Å². The number of aromatic nitrogens is 1. The summed E-state index contributed by atoms with van der Waals surface area (Å²) in [6.45, 7) is 7.47. The van der Waals surface area contributed by atoms with Crippen LogP contribution in [0.2, 0.25) is 0 Å². The number of alkyl carbamates (subject to hydrolysis) is 1. The highest BCUT2D eigenvalue weighted by atomic mass is 16.5. The van der Waals surface area contributed by atoms with Gasteiger partial charge in [-0.15, -0.1) is 0 Å². The zero-order valence-corrected chi connectivity index (χ0v) is 23.2. The van der Waals surface area contributed by atoms with Gasteiger partial charge in [0.05, 0.1) is 12.6 Å². The van der Waals surface area contributed by atoms with Crippen molar-refractivity contribution in [3.8, 4) is 0 Å². The second kappa shape index (κ2) is 14.2. The Kier molecular flexibility index (Phi) is 10.8. The fourth-order valence-electron chi connectivity index (χ4n) is 4.15. The molecule has 4 amide bonds. The SMILES string of the molecule is CC(C)CC(NC(=O)C(NC(=O)OCc1ccccc1)C(C)C)C(=O)NC1Cc2ncc(o2)CCNC(=O)C1=O. The number of nitrogens with zero attached hydrogens (tertiary/aromatic N) is 1. The summed E-state index contributed by atoms with van der Waals surface area (Å²) < 4.78 is 10.9. The first-order valence-electron chi connectivity index (χ1n) is 13.4. The second-order valence-electron chi connectivity index (χ2n) is 10.5. The molecule has 12 heteroatoms. The molecule has 2 aromatic rings. The van der Waals surface area contributed by atoms with Crippen molar-refractivity contribution in [3.63, 3.8) is 0 Å². The van der Waals surface area contributed by atoms with E-state index in [0.29, 0.717) is 12.2 Å². The maximum atomic E-state index is 13.4. The summed E-state index contributed by atoms with van der Waals surface area (Å²) in [5.74, 6) is -2.46. The van der Waals surface area contributed by atoms with E-state index in [2.05, 4.69) is 26.3 Å². The summed E-state index contributed by atoms with van der Waals surface area (Å²) in [7, 11) is 0. The van der Waals surface area contributed by atoms with Crippen molar-refractivity contribution in [1.82, 2.24) is 26.3 Å². The summed E-state index contributed by atoms with van der Waals surface area (Å²) in [6, 6.07) is 5.84. The molecule has 3 atom stereocenters. The minimum atomic E-state index is -1.24. The van der Waals surface area contributed by atoms with E-state index in [1.807, 2.05) is 44.2 Å². The molecule has 216 valence electrons. The number of ether oxygens (including phenoxy) is 1. The minimum absolute atomic E-state index is 0.00492. The van der Waals surface area contributed by atoms with Crippen molar-refractivity contribution >= 4 is 29.6 Å². The van der Waals surface area contributed by atoms with E-state index in [1.54, 1.807) is 13.8 Å². The van der Waals surface area contributed by atoms with Gasteiger partial charge in [-0.25, -0.2) is 9.78 Å². The molecule has 0 fully saturated rings. The molecule has 0 aliphatic carbocycles. The molecule has 2 heterocycles. The van der Waals surface area contributed by atoms with Gasteiger partial charge in [0.2, 0.25) is 17.6 Å². The van der Waals surface area contributed by atoms with Crippen molar-refractivity contribution in [3.05, 3.63) is 53.7 Å². The van der Waals surface area contributed by atoms with Crippen LogP contribution in [0.5, 0.6) is 0 Å². The van der Waals surface area contributed by atoms with Gasteiger partial charge in [0.25, 0.3) is 5.91 Å².